The van der Waals surface area contributed by atoms with E-state index in [1.165, 1.54) is 6.42 Å². The van der Waals surface area contributed by atoms with Crippen molar-refractivity contribution >= 4 is 0 Å². The summed E-state index contributed by atoms with van der Waals surface area (Å²) in [6.07, 6.45) is 2.16. The van der Waals surface area contributed by atoms with E-state index in [-0.39, 0.29) is 12.3 Å². The molecule has 1 atom stereocenters. The molecule has 3 nitrogen and oxygen atoms in total. The maximum Gasteiger partial charge on any atom is 0.173 e. The number of ether oxygens (including phenoxy) is 2. The van der Waals surface area contributed by atoms with Crippen molar-refractivity contribution in [3.63, 3.8) is 0 Å². The van der Waals surface area contributed by atoms with Crippen LogP contribution >= 0.6 is 0 Å². The number of hydrogen-bond acceptors (Lipinski definition) is 2. The van der Waals surface area contributed by atoms with Crippen LogP contribution < -0.4 is 5.32 Å². The fourth-order valence-electron chi connectivity index (χ4n) is 1.28. The van der Waals surface area contributed by atoms with E-state index in [9.17, 15) is 0 Å². The van der Waals surface area contributed by atoms with Crippen LogP contribution in [0.25, 0.3) is 0 Å². The summed E-state index contributed by atoms with van der Waals surface area (Å²) in [5, 5.41) is 4.33. The van der Waals surface area contributed by atoms with Crippen LogP contribution in [0.1, 0.15) is 12.8 Å². The van der Waals surface area contributed by atoms with Crippen molar-refractivity contribution in [2.24, 2.45) is 0 Å². The summed E-state index contributed by atoms with van der Waals surface area (Å²) in [6, 6.07) is 0.273. The predicted molar refractivity (Wildman–Crippen MR) is 37.8 cm³/mol. The second-order valence-electron chi connectivity index (χ2n) is 2.46. The number of nitrogens with zero attached hydrogens (tertiary/aromatic N) is 1. The molecule has 1 heterocycles. The first kappa shape index (κ1) is 7.98. The Hall–Kier alpha value is -0.120. The molecule has 1 aliphatic rings. The molecule has 0 amide bonds. The minimum atomic E-state index is -0.123. The van der Waals surface area contributed by atoms with Gasteiger partial charge >= 0.3 is 0 Å². The second kappa shape index (κ2) is 3.91. The number of hydrogen-bond donors (Lipinski definition) is 0. The van der Waals surface area contributed by atoms with Crippen molar-refractivity contribution in [2.75, 3.05) is 20.8 Å². The predicted octanol–water partition coefficient (Wildman–Crippen LogP) is 0.372. The molecule has 0 saturated carbocycles. The quantitative estimate of drug-likeness (QED) is 0.536. The molecule has 1 fully saturated rings. The Morgan fingerprint density at radius 2 is 2.10 bits per heavy atom. The summed E-state index contributed by atoms with van der Waals surface area (Å²) in [4.78, 5) is 0. The summed E-state index contributed by atoms with van der Waals surface area (Å²) in [7, 11) is 3.31. The largest absolute Gasteiger partial charge is 0.354 e. The Bertz CT molecular complexity index is 87.6. The van der Waals surface area contributed by atoms with Gasteiger partial charge in [0, 0.05) is 20.8 Å². The Morgan fingerprint density at radius 1 is 1.40 bits per heavy atom. The van der Waals surface area contributed by atoms with Gasteiger partial charge in [0.15, 0.2) is 6.29 Å². The zero-order valence-electron chi connectivity index (χ0n) is 6.54. The minimum absolute atomic E-state index is 0.123. The van der Waals surface area contributed by atoms with Crippen molar-refractivity contribution < 1.29 is 9.47 Å². The summed E-state index contributed by atoms with van der Waals surface area (Å²) in [5.41, 5.74) is 0. The van der Waals surface area contributed by atoms with E-state index in [2.05, 4.69) is 5.32 Å². The van der Waals surface area contributed by atoms with Gasteiger partial charge in [-0.05, 0) is 12.8 Å². The van der Waals surface area contributed by atoms with Crippen molar-refractivity contribution in [3.05, 3.63) is 0 Å². The van der Waals surface area contributed by atoms with Gasteiger partial charge in [0.25, 0.3) is 0 Å². The molecule has 0 unspecified atom stereocenters. The molecular weight excluding hydrogens is 130 g/mol. The number of rotatable bonds is 3. The van der Waals surface area contributed by atoms with Gasteiger partial charge in [0.05, 0.1) is 6.04 Å². The third-order valence-electron chi connectivity index (χ3n) is 1.80. The molecule has 0 bridgehead atoms. The SMILES string of the molecule is COC(OC)[C@@H]1CCC[N]1. The van der Waals surface area contributed by atoms with Gasteiger partial charge in [0.2, 0.25) is 0 Å². The Balaban J connectivity index is 2.29. The fourth-order valence-corrected chi connectivity index (χ4v) is 1.28. The smallest absolute Gasteiger partial charge is 0.173 e. The molecule has 0 aliphatic carbocycles. The lowest BCUT2D eigenvalue weighted by Crippen LogP contribution is -2.33. The molecule has 1 saturated heterocycles. The Kier molecular flexibility index (Phi) is 3.12. The standard InChI is InChI=1S/C7H14NO2/c1-9-7(10-2)6-4-3-5-8-6/h6-7H,3-5H2,1-2H3/t6-/m0/s1. The van der Waals surface area contributed by atoms with Crippen molar-refractivity contribution in [3.8, 4) is 0 Å². The zero-order valence-corrected chi connectivity index (χ0v) is 6.54. The summed E-state index contributed by atoms with van der Waals surface area (Å²) >= 11 is 0. The van der Waals surface area contributed by atoms with Crippen molar-refractivity contribution in [2.45, 2.75) is 25.2 Å². The third kappa shape index (κ3) is 1.68. The van der Waals surface area contributed by atoms with Crippen molar-refractivity contribution in [1.82, 2.24) is 5.32 Å². The van der Waals surface area contributed by atoms with E-state index in [4.69, 9.17) is 9.47 Å². The lowest BCUT2D eigenvalue weighted by Gasteiger charge is -2.18. The molecule has 59 valence electrons. The van der Waals surface area contributed by atoms with E-state index in [1.807, 2.05) is 0 Å². The molecule has 0 aromatic rings. The molecule has 0 aromatic heterocycles. The molecule has 1 rings (SSSR count). The van der Waals surface area contributed by atoms with Gasteiger partial charge < -0.3 is 9.47 Å². The topological polar surface area (TPSA) is 32.6 Å². The highest BCUT2D eigenvalue weighted by Gasteiger charge is 2.24. The van der Waals surface area contributed by atoms with Crippen LogP contribution in [0.2, 0.25) is 0 Å². The van der Waals surface area contributed by atoms with Gasteiger partial charge in [-0.1, -0.05) is 0 Å². The molecule has 0 spiro atoms. The summed E-state index contributed by atoms with van der Waals surface area (Å²) in [6.45, 7) is 0.966. The number of methoxy groups -OCH3 is 2. The van der Waals surface area contributed by atoms with Gasteiger partial charge in [-0.3, -0.25) is 0 Å². The lowest BCUT2D eigenvalue weighted by atomic mass is 10.2. The fraction of sp³-hybridized carbons (Fsp3) is 1.00. The normalized spacial score (nSPS) is 26.1. The summed E-state index contributed by atoms with van der Waals surface area (Å²) in [5.74, 6) is 0. The third-order valence-corrected chi connectivity index (χ3v) is 1.80. The van der Waals surface area contributed by atoms with E-state index < -0.39 is 0 Å². The summed E-state index contributed by atoms with van der Waals surface area (Å²) < 4.78 is 10.1. The van der Waals surface area contributed by atoms with Crippen LogP contribution in [0.5, 0.6) is 0 Å². The Labute approximate surface area is 61.7 Å². The monoisotopic (exact) mass is 144 g/mol. The van der Waals surface area contributed by atoms with Crippen LogP contribution in [0.4, 0.5) is 0 Å². The van der Waals surface area contributed by atoms with E-state index in [0.29, 0.717) is 0 Å². The zero-order chi connectivity index (χ0) is 7.40. The van der Waals surface area contributed by atoms with Gasteiger partial charge in [-0.15, -0.1) is 0 Å². The first-order valence-corrected chi connectivity index (χ1v) is 3.60. The highest BCUT2D eigenvalue weighted by atomic mass is 16.7. The van der Waals surface area contributed by atoms with Crippen LogP contribution in [-0.2, 0) is 9.47 Å². The van der Waals surface area contributed by atoms with E-state index >= 15 is 0 Å². The highest BCUT2D eigenvalue weighted by Crippen LogP contribution is 2.13. The van der Waals surface area contributed by atoms with Crippen LogP contribution in [0, 0.1) is 0 Å². The highest BCUT2D eigenvalue weighted by molar-refractivity contribution is 4.76. The maximum absolute atomic E-state index is 5.07. The first-order chi connectivity index (χ1) is 4.88. The first-order valence-electron chi connectivity index (χ1n) is 3.60. The second-order valence-corrected chi connectivity index (χ2v) is 2.46. The average Bonchev–Trinajstić information content (AvgIpc) is 2.43. The molecule has 0 N–H and O–H groups in total. The minimum Gasteiger partial charge on any atom is -0.354 e. The maximum atomic E-state index is 5.07. The molecular formula is C7H14NO2. The van der Waals surface area contributed by atoms with Crippen LogP contribution in [0.15, 0.2) is 0 Å². The van der Waals surface area contributed by atoms with Crippen molar-refractivity contribution in [1.29, 1.82) is 0 Å². The molecule has 10 heavy (non-hydrogen) atoms. The molecule has 1 aliphatic heterocycles. The molecule has 1 radical (unpaired) electrons. The van der Waals surface area contributed by atoms with Gasteiger partial charge in [-0.25, -0.2) is 5.32 Å². The van der Waals surface area contributed by atoms with Gasteiger partial charge in [-0.2, -0.15) is 0 Å². The van der Waals surface area contributed by atoms with E-state index in [1.54, 1.807) is 14.2 Å². The van der Waals surface area contributed by atoms with Gasteiger partial charge in [0.1, 0.15) is 0 Å². The molecule has 0 aromatic carbocycles. The van der Waals surface area contributed by atoms with Crippen LogP contribution in [0.3, 0.4) is 0 Å². The van der Waals surface area contributed by atoms with Crippen LogP contribution in [-0.4, -0.2) is 33.1 Å². The average molecular weight is 144 g/mol. The lowest BCUT2D eigenvalue weighted by molar-refractivity contribution is -0.120. The Morgan fingerprint density at radius 3 is 2.50 bits per heavy atom. The molecule has 3 heteroatoms. The van der Waals surface area contributed by atoms with E-state index in [0.717, 1.165) is 13.0 Å².